The molecule has 2 aromatic rings. The van der Waals surface area contributed by atoms with Gasteiger partial charge in [0.1, 0.15) is 0 Å². The first-order valence-electron chi connectivity index (χ1n) is 7.13. The number of hydrogen-bond donors (Lipinski definition) is 1. The minimum atomic E-state index is -3.34. The molecule has 0 spiro atoms. The molecule has 22 heavy (non-hydrogen) atoms. The number of rotatable bonds is 6. The van der Waals surface area contributed by atoms with Crippen molar-refractivity contribution in [1.82, 2.24) is 10.2 Å². The summed E-state index contributed by atoms with van der Waals surface area (Å²) in [6, 6.07) is 11.5. The molecule has 6 nitrogen and oxygen atoms in total. The molecule has 0 aliphatic heterocycles. The smallest absolute Gasteiger partial charge is 0.233 e. The summed E-state index contributed by atoms with van der Waals surface area (Å²) in [5.41, 5.74) is 2.19. The van der Waals surface area contributed by atoms with E-state index in [1.54, 1.807) is 19.1 Å². The molecule has 2 rings (SSSR count). The normalized spacial score (nSPS) is 11.2. The Balaban J connectivity index is 2.24. The fourth-order valence-electron chi connectivity index (χ4n) is 2.03. The van der Waals surface area contributed by atoms with Crippen LogP contribution in [0.15, 0.2) is 36.4 Å². The molecule has 0 aliphatic rings. The third-order valence-electron chi connectivity index (χ3n) is 3.20. The van der Waals surface area contributed by atoms with E-state index in [1.807, 2.05) is 36.9 Å². The highest BCUT2D eigenvalue weighted by atomic mass is 32.2. The Kier molecular flexibility index (Phi) is 4.97. The van der Waals surface area contributed by atoms with Crippen LogP contribution >= 0.6 is 0 Å². The first-order valence-corrected chi connectivity index (χ1v) is 8.79. The van der Waals surface area contributed by atoms with Crippen molar-refractivity contribution in [3.8, 4) is 0 Å². The standard InChI is InChI=1S/C15H20N4O2S/c1-4-19(13-8-6-7-12(3)11-13)15-10-9-14(16-17-15)18-22(20,21)5-2/h6-11H,4-5H2,1-3H3,(H,16,18). The second kappa shape index (κ2) is 6.74. The van der Waals surface area contributed by atoms with Gasteiger partial charge < -0.3 is 4.90 Å². The second-order valence-corrected chi connectivity index (χ2v) is 6.88. The summed E-state index contributed by atoms with van der Waals surface area (Å²) in [6.07, 6.45) is 0. The number of aryl methyl sites for hydroxylation is 1. The van der Waals surface area contributed by atoms with E-state index in [4.69, 9.17) is 0 Å². The molecule has 0 bridgehead atoms. The van der Waals surface area contributed by atoms with Crippen LogP contribution < -0.4 is 9.62 Å². The number of hydrogen-bond acceptors (Lipinski definition) is 5. The Bertz CT molecular complexity index is 729. The predicted molar refractivity (Wildman–Crippen MR) is 89.0 cm³/mol. The van der Waals surface area contributed by atoms with E-state index in [2.05, 4.69) is 21.0 Å². The molecule has 0 saturated carbocycles. The minimum Gasteiger partial charge on any atom is -0.325 e. The van der Waals surface area contributed by atoms with Gasteiger partial charge in [0.25, 0.3) is 0 Å². The van der Waals surface area contributed by atoms with Crippen LogP contribution in [0.3, 0.4) is 0 Å². The van der Waals surface area contributed by atoms with E-state index in [0.717, 1.165) is 17.8 Å². The van der Waals surface area contributed by atoms with Gasteiger partial charge in [-0.3, -0.25) is 4.72 Å². The van der Waals surface area contributed by atoms with Gasteiger partial charge in [-0.2, -0.15) is 0 Å². The van der Waals surface area contributed by atoms with Gasteiger partial charge in [-0.05, 0) is 50.6 Å². The summed E-state index contributed by atoms with van der Waals surface area (Å²) in [7, 11) is -3.34. The molecule has 0 atom stereocenters. The van der Waals surface area contributed by atoms with Gasteiger partial charge in [-0.25, -0.2) is 8.42 Å². The highest BCUT2D eigenvalue weighted by Crippen LogP contribution is 2.24. The van der Waals surface area contributed by atoms with Crippen LogP contribution in [-0.4, -0.2) is 30.9 Å². The number of nitrogens with one attached hydrogen (secondary N) is 1. The summed E-state index contributed by atoms with van der Waals surface area (Å²) < 4.78 is 25.4. The zero-order valence-corrected chi connectivity index (χ0v) is 13.8. The zero-order valence-electron chi connectivity index (χ0n) is 12.9. The minimum absolute atomic E-state index is 0.000802. The molecule has 118 valence electrons. The van der Waals surface area contributed by atoms with Crippen molar-refractivity contribution in [2.45, 2.75) is 20.8 Å². The van der Waals surface area contributed by atoms with Crippen molar-refractivity contribution in [3.05, 3.63) is 42.0 Å². The molecule has 1 aromatic carbocycles. The molecule has 1 heterocycles. The second-order valence-electron chi connectivity index (χ2n) is 4.87. The van der Waals surface area contributed by atoms with E-state index in [9.17, 15) is 8.42 Å². The van der Waals surface area contributed by atoms with E-state index in [0.29, 0.717) is 5.82 Å². The lowest BCUT2D eigenvalue weighted by Crippen LogP contribution is -2.19. The van der Waals surface area contributed by atoms with Crippen molar-refractivity contribution in [2.75, 3.05) is 21.9 Å². The van der Waals surface area contributed by atoms with Crippen LogP contribution in [-0.2, 0) is 10.0 Å². The Morgan fingerprint density at radius 1 is 1.14 bits per heavy atom. The van der Waals surface area contributed by atoms with Gasteiger partial charge in [0.2, 0.25) is 10.0 Å². The Morgan fingerprint density at radius 3 is 2.45 bits per heavy atom. The highest BCUT2D eigenvalue weighted by molar-refractivity contribution is 7.92. The van der Waals surface area contributed by atoms with Gasteiger partial charge in [0.05, 0.1) is 5.75 Å². The fraction of sp³-hybridized carbons (Fsp3) is 0.333. The maximum absolute atomic E-state index is 11.5. The van der Waals surface area contributed by atoms with E-state index < -0.39 is 10.0 Å². The van der Waals surface area contributed by atoms with Crippen LogP contribution in [0.5, 0.6) is 0 Å². The Labute approximate surface area is 131 Å². The van der Waals surface area contributed by atoms with Crippen LogP contribution in [0.25, 0.3) is 0 Å². The monoisotopic (exact) mass is 320 g/mol. The van der Waals surface area contributed by atoms with Crippen LogP contribution in [0.1, 0.15) is 19.4 Å². The number of benzene rings is 1. The summed E-state index contributed by atoms with van der Waals surface area (Å²) >= 11 is 0. The van der Waals surface area contributed by atoms with E-state index >= 15 is 0 Å². The maximum Gasteiger partial charge on any atom is 0.233 e. The molecule has 0 unspecified atom stereocenters. The molecule has 0 fully saturated rings. The van der Waals surface area contributed by atoms with E-state index in [1.165, 1.54) is 0 Å². The first-order chi connectivity index (χ1) is 10.4. The van der Waals surface area contributed by atoms with Gasteiger partial charge in [0.15, 0.2) is 11.6 Å². The zero-order chi connectivity index (χ0) is 16.2. The molecule has 0 saturated heterocycles. The number of nitrogens with zero attached hydrogens (tertiary/aromatic N) is 3. The summed E-state index contributed by atoms with van der Waals surface area (Å²) in [6.45, 7) is 6.36. The average molecular weight is 320 g/mol. The molecule has 0 amide bonds. The molecular formula is C15H20N4O2S. The lowest BCUT2D eigenvalue weighted by molar-refractivity contribution is 0.602. The number of aromatic nitrogens is 2. The Hall–Kier alpha value is -2.15. The molecular weight excluding hydrogens is 300 g/mol. The van der Waals surface area contributed by atoms with Crippen molar-refractivity contribution in [1.29, 1.82) is 0 Å². The number of sulfonamides is 1. The highest BCUT2D eigenvalue weighted by Gasteiger charge is 2.12. The maximum atomic E-state index is 11.5. The van der Waals surface area contributed by atoms with Gasteiger partial charge in [0, 0.05) is 12.2 Å². The summed E-state index contributed by atoms with van der Waals surface area (Å²) in [5.74, 6) is 0.902. The van der Waals surface area contributed by atoms with Crippen molar-refractivity contribution in [3.63, 3.8) is 0 Å². The fourth-order valence-corrected chi connectivity index (χ4v) is 2.60. The lowest BCUT2D eigenvalue weighted by Gasteiger charge is -2.22. The number of anilines is 3. The molecule has 0 radical (unpaired) electrons. The third-order valence-corrected chi connectivity index (χ3v) is 4.48. The third kappa shape index (κ3) is 3.94. The predicted octanol–water partition coefficient (Wildman–Crippen LogP) is 2.70. The Morgan fingerprint density at radius 2 is 1.91 bits per heavy atom. The summed E-state index contributed by atoms with van der Waals surface area (Å²) in [4.78, 5) is 2.01. The van der Waals surface area contributed by atoms with Gasteiger partial charge >= 0.3 is 0 Å². The molecule has 0 aliphatic carbocycles. The molecule has 1 N–H and O–H groups in total. The van der Waals surface area contributed by atoms with Crippen LogP contribution in [0, 0.1) is 6.92 Å². The summed E-state index contributed by atoms with van der Waals surface area (Å²) in [5, 5.41) is 8.07. The van der Waals surface area contributed by atoms with E-state index in [-0.39, 0.29) is 11.6 Å². The molecule has 7 heteroatoms. The van der Waals surface area contributed by atoms with Crippen LogP contribution in [0.2, 0.25) is 0 Å². The molecule has 1 aromatic heterocycles. The van der Waals surface area contributed by atoms with Gasteiger partial charge in [-0.1, -0.05) is 12.1 Å². The van der Waals surface area contributed by atoms with Crippen molar-refractivity contribution in [2.24, 2.45) is 0 Å². The van der Waals surface area contributed by atoms with Crippen LogP contribution in [0.4, 0.5) is 17.3 Å². The van der Waals surface area contributed by atoms with Crippen molar-refractivity contribution < 1.29 is 8.42 Å². The van der Waals surface area contributed by atoms with Crippen molar-refractivity contribution >= 4 is 27.3 Å². The lowest BCUT2D eigenvalue weighted by atomic mass is 10.2. The average Bonchev–Trinajstić information content (AvgIpc) is 2.49. The first kappa shape index (κ1) is 16.2. The van der Waals surface area contributed by atoms with Gasteiger partial charge in [-0.15, -0.1) is 10.2 Å². The topological polar surface area (TPSA) is 75.2 Å². The largest absolute Gasteiger partial charge is 0.325 e. The SMILES string of the molecule is CCN(c1cccc(C)c1)c1ccc(NS(=O)(=O)CC)nn1. The quantitative estimate of drug-likeness (QED) is 0.885.